The zero-order chi connectivity index (χ0) is 17.9. The topological polar surface area (TPSA) is 105 Å². The molecule has 2 amide bonds. The number of methoxy groups -OCH3 is 1. The summed E-state index contributed by atoms with van der Waals surface area (Å²) in [7, 11) is 2.86. The van der Waals surface area contributed by atoms with Crippen LogP contribution in [0.5, 0.6) is 0 Å². The van der Waals surface area contributed by atoms with E-state index in [0.29, 0.717) is 17.7 Å². The van der Waals surface area contributed by atoms with Crippen LogP contribution in [0.25, 0.3) is 0 Å². The summed E-state index contributed by atoms with van der Waals surface area (Å²) in [6.07, 6.45) is -1.12. The number of amides is 2. The lowest BCUT2D eigenvalue weighted by atomic mass is 10.0. The molecule has 1 aromatic carbocycles. The molecule has 0 spiro atoms. The maximum Gasteiger partial charge on any atom is 0.407 e. The van der Waals surface area contributed by atoms with Crippen LogP contribution in [-0.2, 0) is 9.57 Å². The number of hydrogen-bond donors (Lipinski definition) is 2. The van der Waals surface area contributed by atoms with E-state index in [0.717, 1.165) is 0 Å². The number of carbonyl (C=O) groups is 2. The largest absolute Gasteiger partial charge is 0.465 e. The number of nitrogens with two attached hydrogens (primary N) is 1. The van der Waals surface area contributed by atoms with Crippen molar-refractivity contribution >= 4 is 29.3 Å². The van der Waals surface area contributed by atoms with Gasteiger partial charge in [-0.2, -0.15) is 0 Å². The number of benzene rings is 1. The number of likely N-dealkylation sites (tertiary alicyclic amines) is 1. The molecule has 132 valence electrons. The Bertz CT molecular complexity index is 627. The molecule has 1 fully saturated rings. The van der Waals surface area contributed by atoms with E-state index in [2.05, 4.69) is 0 Å². The number of carbonyl (C=O) groups excluding carboxylic acids is 1. The minimum atomic E-state index is -1.02. The maximum absolute atomic E-state index is 12.7. The van der Waals surface area contributed by atoms with E-state index in [1.54, 1.807) is 12.1 Å². The first kappa shape index (κ1) is 18.3. The molecule has 1 aliphatic heterocycles. The van der Waals surface area contributed by atoms with E-state index in [1.165, 1.54) is 30.2 Å². The van der Waals surface area contributed by atoms with Crippen molar-refractivity contribution in [2.24, 2.45) is 0 Å². The summed E-state index contributed by atoms with van der Waals surface area (Å²) in [5, 5.41) is 10.6. The van der Waals surface area contributed by atoms with Gasteiger partial charge in [-0.3, -0.25) is 9.63 Å². The van der Waals surface area contributed by atoms with Gasteiger partial charge in [0.2, 0.25) is 0 Å². The number of piperidine rings is 1. The van der Waals surface area contributed by atoms with Crippen molar-refractivity contribution < 1.29 is 24.3 Å². The van der Waals surface area contributed by atoms with Crippen molar-refractivity contribution in [1.29, 1.82) is 0 Å². The number of carboxylic acid groups (broad SMARTS) is 1. The van der Waals surface area contributed by atoms with Crippen LogP contribution in [0.2, 0.25) is 5.02 Å². The highest BCUT2D eigenvalue weighted by molar-refractivity contribution is 6.33. The Hall–Kier alpha value is -2.03. The smallest absolute Gasteiger partial charge is 0.407 e. The molecule has 2 atom stereocenters. The highest BCUT2D eigenvalue weighted by Gasteiger charge is 2.38. The third kappa shape index (κ3) is 3.72. The van der Waals surface area contributed by atoms with E-state index < -0.39 is 24.1 Å². The molecule has 0 aliphatic carbocycles. The average molecular weight is 358 g/mol. The zero-order valence-corrected chi connectivity index (χ0v) is 14.2. The van der Waals surface area contributed by atoms with Crippen LogP contribution in [0.4, 0.5) is 10.5 Å². The Labute approximate surface area is 144 Å². The Morgan fingerprint density at radius 1 is 1.42 bits per heavy atom. The summed E-state index contributed by atoms with van der Waals surface area (Å²) in [6.45, 7) is 0.446. The Morgan fingerprint density at radius 2 is 2.12 bits per heavy atom. The highest BCUT2D eigenvalue weighted by Crippen LogP contribution is 2.24. The van der Waals surface area contributed by atoms with Gasteiger partial charge in [0.1, 0.15) is 0 Å². The van der Waals surface area contributed by atoms with Crippen LogP contribution < -0.4 is 5.73 Å². The van der Waals surface area contributed by atoms with Crippen LogP contribution in [0.3, 0.4) is 0 Å². The minimum Gasteiger partial charge on any atom is -0.465 e. The molecule has 1 aliphatic rings. The molecular weight excluding hydrogens is 338 g/mol. The number of hydroxylamine groups is 2. The predicted molar refractivity (Wildman–Crippen MR) is 87.8 cm³/mol. The quantitative estimate of drug-likeness (QED) is 0.627. The van der Waals surface area contributed by atoms with E-state index >= 15 is 0 Å². The van der Waals surface area contributed by atoms with Gasteiger partial charge in [-0.05, 0) is 24.6 Å². The summed E-state index contributed by atoms with van der Waals surface area (Å²) in [5.41, 5.74) is 6.36. The molecule has 0 unspecified atom stereocenters. The molecule has 0 saturated carbocycles. The van der Waals surface area contributed by atoms with Gasteiger partial charge in [-0.25, -0.2) is 9.86 Å². The average Bonchev–Trinajstić information content (AvgIpc) is 2.57. The second-order valence-corrected chi connectivity index (χ2v) is 5.82. The fraction of sp³-hybridized carbons (Fsp3) is 0.467. The molecule has 0 radical (unpaired) electrons. The molecule has 9 heteroatoms. The monoisotopic (exact) mass is 357 g/mol. The number of hydrogen-bond acceptors (Lipinski definition) is 5. The summed E-state index contributed by atoms with van der Waals surface area (Å²) in [6, 6.07) is 4.16. The Balaban J connectivity index is 2.21. The zero-order valence-electron chi connectivity index (χ0n) is 13.4. The van der Waals surface area contributed by atoms with Gasteiger partial charge in [-0.15, -0.1) is 0 Å². The van der Waals surface area contributed by atoms with E-state index in [9.17, 15) is 9.59 Å². The van der Waals surface area contributed by atoms with Crippen molar-refractivity contribution in [3.8, 4) is 0 Å². The highest BCUT2D eigenvalue weighted by atomic mass is 35.5. The number of anilines is 1. The number of nitrogen functional groups attached to an aromatic ring is 1. The van der Waals surface area contributed by atoms with Crippen molar-refractivity contribution in [2.75, 3.05) is 33.0 Å². The summed E-state index contributed by atoms with van der Waals surface area (Å²) < 4.78 is 5.37. The fourth-order valence-corrected chi connectivity index (χ4v) is 2.91. The minimum absolute atomic E-state index is 0.159. The molecule has 1 heterocycles. The first-order valence-electron chi connectivity index (χ1n) is 7.32. The lowest BCUT2D eigenvalue weighted by Gasteiger charge is -2.40. The van der Waals surface area contributed by atoms with Crippen LogP contribution in [0.1, 0.15) is 16.8 Å². The fourth-order valence-electron chi connectivity index (χ4n) is 2.73. The number of nitrogens with zero attached hydrogens (tertiary/aromatic N) is 2. The molecular formula is C15H20ClN3O5. The third-order valence-corrected chi connectivity index (χ3v) is 4.37. The third-order valence-electron chi connectivity index (χ3n) is 4.04. The van der Waals surface area contributed by atoms with E-state index in [-0.39, 0.29) is 18.1 Å². The van der Waals surface area contributed by atoms with Gasteiger partial charge in [0.15, 0.2) is 0 Å². The van der Waals surface area contributed by atoms with Crippen molar-refractivity contribution in [3.63, 3.8) is 0 Å². The predicted octanol–water partition coefficient (Wildman–Crippen LogP) is 1.69. The molecule has 1 aromatic rings. The van der Waals surface area contributed by atoms with Crippen molar-refractivity contribution in [1.82, 2.24) is 9.96 Å². The normalized spacial score (nSPS) is 20.7. The van der Waals surface area contributed by atoms with Crippen molar-refractivity contribution in [3.05, 3.63) is 28.8 Å². The SMILES string of the molecule is CO[C@H]1CN(C(=O)O)CC[C@H]1N(OC)C(=O)c1ccc(N)c(Cl)c1. The van der Waals surface area contributed by atoms with Gasteiger partial charge in [0.25, 0.3) is 5.91 Å². The van der Waals surface area contributed by atoms with Crippen LogP contribution in [0, 0.1) is 0 Å². The molecule has 8 nitrogen and oxygen atoms in total. The lowest BCUT2D eigenvalue weighted by molar-refractivity contribution is -0.164. The molecule has 0 aromatic heterocycles. The van der Waals surface area contributed by atoms with Gasteiger partial charge in [0.05, 0.1) is 36.5 Å². The second kappa shape index (κ2) is 7.69. The van der Waals surface area contributed by atoms with Crippen LogP contribution in [-0.4, -0.2) is 66.5 Å². The molecule has 3 N–H and O–H groups in total. The molecule has 1 saturated heterocycles. The molecule has 0 bridgehead atoms. The summed E-state index contributed by atoms with van der Waals surface area (Å²) in [4.78, 5) is 30.4. The number of rotatable bonds is 4. The van der Waals surface area contributed by atoms with E-state index in [4.69, 9.17) is 32.0 Å². The lowest BCUT2D eigenvalue weighted by Crippen LogP contribution is -2.57. The van der Waals surface area contributed by atoms with Crippen LogP contribution >= 0.6 is 11.6 Å². The Morgan fingerprint density at radius 3 is 2.67 bits per heavy atom. The van der Waals surface area contributed by atoms with Gasteiger partial charge >= 0.3 is 6.09 Å². The van der Waals surface area contributed by atoms with E-state index in [1.807, 2.05) is 0 Å². The number of halogens is 1. The van der Waals surface area contributed by atoms with Gasteiger partial charge in [0, 0.05) is 19.2 Å². The van der Waals surface area contributed by atoms with Gasteiger partial charge < -0.3 is 20.5 Å². The first-order chi connectivity index (χ1) is 11.4. The first-order valence-corrected chi connectivity index (χ1v) is 7.70. The van der Waals surface area contributed by atoms with Crippen LogP contribution in [0.15, 0.2) is 18.2 Å². The van der Waals surface area contributed by atoms with Gasteiger partial charge in [-0.1, -0.05) is 11.6 Å². The number of ether oxygens (including phenoxy) is 1. The summed E-state index contributed by atoms with van der Waals surface area (Å²) in [5.74, 6) is -0.393. The Kier molecular flexibility index (Phi) is 5.87. The maximum atomic E-state index is 12.7. The molecule has 24 heavy (non-hydrogen) atoms. The summed E-state index contributed by atoms with van der Waals surface area (Å²) >= 11 is 5.97. The standard InChI is InChI=1S/C15H20ClN3O5/c1-23-13-8-18(15(21)22)6-5-12(13)19(24-2)14(20)9-3-4-11(17)10(16)7-9/h3-4,7,12-13H,5-6,8,17H2,1-2H3,(H,21,22)/t12-,13+/m1/s1. The molecule has 2 rings (SSSR count). The second-order valence-electron chi connectivity index (χ2n) is 5.41. The van der Waals surface area contributed by atoms with Crippen molar-refractivity contribution in [2.45, 2.75) is 18.6 Å².